The number of anilines is 3. The number of thiol groups is 1. The van der Waals surface area contributed by atoms with E-state index >= 15 is 4.39 Å². The highest BCUT2D eigenvalue weighted by atomic mass is 35.5. The molecule has 2 amide bonds. The number of hydrogen-bond donors (Lipinski definition) is 2. The van der Waals surface area contributed by atoms with Crippen LogP contribution in [0.25, 0.3) is 0 Å². The first-order chi connectivity index (χ1) is 17.2. The maximum atomic E-state index is 15.2. The predicted molar refractivity (Wildman–Crippen MR) is 139 cm³/mol. The maximum Gasteiger partial charge on any atom is 0.258 e. The van der Waals surface area contributed by atoms with Gasteiger partial charge in [0.15, 0.2) is 5.50 Å². The monoisotopic (exact) mass is 521 g/mol. The van der Waals surface area contributed by atoms with Crippen molar-refractivity contribution in [1.82, 2.24) is 4.98 Å². The van der Waals surface area contributed by atoms with Crippen molar-refractivity contribution in [2.45, 2.75) is 37.2 Å². The number of rotatable bonds is 4. The Kier molecular flexibility index (Phi) is 6.10. The van der Waals surface area contributed by atoms with Crippen molar-refractivity contribution in [3.8, 4) is 6.07 Å². The second kappa shape index (κ2) is 9.12. The fraction of sp³-hybridized carbons (Fsp3) is 0.231. The summed E-state index contributed by atoms with van der Waals surface area (Å²) < 4.78 is 15.2. The number of halogens is 2. The molecule has 5 rings (SSSR count). The third-order valence-corrected chi connectivity index (χ3v) is 7.42. The molecule has 2 aromatic carbocycles. The SMILES string of the molecule is Cc1cc(N2C(=O)C3(CCC3)N(c3ccc(C(=O)Nc4cccc(Cl)c4)c(F)c3)C2S)cnc1C#N. The van der Waals surface area contributed by atoms with Gasteiger partial charge in [0.2, 0.25) is 0 Å². The number of pyridine rings is 1. The summed E-state index contributed by atoms with van der Waals surface area (Å²) in [5, 5.41) is 12.3. The molecule has 7 nitrogen and oxygen atoms in total. The average Bonchev–Trinajstić information content (AvgIpc) is 3.05. The molecule has 10 heteroatoms. The number of nitrogens with one attached hydrogen (secondary N) is 1. The quantitative estimate of drug-likeness (QED) is 0.455. The molecule has 36 heavy (non-hydrogen) atoms. The van der Waals surface area contributed by atoms with E-state index in [1.54, 1.807) is 48.2 Å². The Bertz CT molecular complexity index is 1440. The number of aromatic nitrogens is 1. The molecule has 1 atom stereocenters. The van der Waals surface area contributed by atoms with Crippen LogP contribution in [0.4, 0.5) is 21.5 Å². The summed E-state index contributed by atoms with van der Waals surface area (Å²) in [4.78, 5) is 33.8. The van der Waals surface area contributed by atoms with Crippen molar-refractivity contribution >= 4 is 53.1 Å². The van der Waals surface area contributed by atoms with Gasteiger partial charge in [0, 0.05) is 16.4 Å². The minimum atomic E-state index is -0.856. The van der Waals surface area contributed by atoms with Gasteiger partial charge < -0.3 is 10.2 Å². The van der Waals surface area contributed by atoms with Crippen LogP contribution >= 0.6 is 24.2 Å². The third kappa shape index (κ3) is 3.87. The van der Waals surface area contributed by atoms with E-state index < -0.39 is 22.8 Å². The summed E-state index contributed by atoms with van der Waals surface area (Å²) in [6.45, 7) is 1.75. The smallest absolute Gasteiger partial charge is 0.258 e. The summed E-state index contributed by atoms with van der Waals surface area (Å²) in [7, 11) is 0. The normalized spacial score (nSPS) is 18.2. The summed E-state index contributed by atoms with van der Waals surface area (Å²) in [6, 6.07) is 14.6. The zero-order valence-corrected chi connectivity index (χ0v) is 20.9. The number of nitrogens with zero attached hydrogens (tertiary/aromatic N) is 4. The molecule has 0 radical (unpaired) electrons. The molecular weight excluding hydrogens is 501 g/mol. The number of benzene rings is 2. The molecule has 1 saturated carbocycles. The first-order valence-electron chi connectivity index (χ1n) is 11.3. The zero-order chi connectivity index (χ0) is 25.6. The van der Waals surface area contributed by atoms with E-state index in [2.05, 4.69) is 10.3 Å². The van der Waals surface area contributed by atoms with Crippen molar-refractivity contribution in [3.05, 3.63) is 82.4 Å². The van der Waals surface area contributed by atoms with Crippen molar-refractivity contribution in [2.24, 2.45) is 0 Å². The molecule has 1 unspecified atom stereocenters. The van der Waals surface area contributed by atoms with Gasteiger partial charge in [-0.1, -0.05) is 17.7 Å². The van der Waals surface area contributed by atoms with E-state index in [0.29, 0.717) is 40.5 Å². The van der Waals surface area contributed by atoms with Crippen LogP contribution < -0.4 is 15.1 Å². The van der Waals surface area contributed by atoms with Gasteiger partial charge in [-0.3, -0.25) is 14.5 Å². The Morgan fingerprint density at radius 2 is 2.03 bits per heavy atom. The van der Waals surface area contributed by atoms with Gasteiger partial charge in [-0.25, -0.2) is 9.37 Å². The van der Waals surface area contributed by atoms with Crippen LogP contribution in [0.3, 0.4) is 0 Å². The van der Waals surface area contributed by atoms with Crippen LogP contribution in [0.15, 0.2) is 54.7 Å². The highest BCUT2D eigenvalue weighted by Gasteiger charge is 2.60. The van der Waals surface area contributed by atoms with E-state index in [1.165, 1.54) is 23.2 Å². The Morgan fingerprint density at radius 1 is 1.25 bits per heavy atom. The van der Waals surface area contributed by atoms with Gasteiger partial charge in [0.25, 0.3) is 11.8 Å². The Labute approximate surface area is 217 Å². The summed E-state index contributed by atoms with van der Waals surface area (Å²) in [6.07, 6.45) is 3.53. The van der Waals surface area contributed by atoms with Gasteiger partial charge >= 0.3 is 0 Å². The molecule has 3 aromatic rings. The molecule has 1 aliphatic heterocycles. The second-order valence-corrected chi connectivity index (χ2v) is 9.77. The lowest BCUT2D eigenvalue weighted by molar-refractivity contribution is -0.124. The fourth-order valence-electron chi connectivity index (χ4n) is 4.78. The van der Waals surface area contributed by atoms with Gasteiger partial charge in [-0.2, -0.15) is 5.26 Å². The van der Waals surface area contributed by atoms with Crippen LogP contribution in [-0.4, -0.2) is 27.8 Å². The lowest BCUT2D eigenvalue weighted by Gasteiger charge is -2.44. The summed E-state index contributed by atoms with van der Waals surface area (Å²) in [5.41, 5.74) is 0.626. The molecular formula is C26H21ClFN5O2S. The van der Waals surface area contributed by atoms with Crippen molar-refractivity contribution in [2.75, 3.05) is 15.1 Å². The molecule has 0 bridgehead atoms. The van der Waals surface area contributed by atoms with E-state index in [0.717, 1.165) is 6.42 Å². The number of carbonyl (C=O) groups is 2. The minimum Gasteiger partial charge on any atom is -0.327 e. The molecule has 1 N–H and O–H groups in total. The third-order valence-electron chi connectivity index (χ3n) is 6.73. The van der Waals surface area contributed by atoms with Crippen LogP contribution in [0.5, 0.6) is 0 Å². The number of carbonyl (C=O) groups excluding carboxylic acids is 2. The number of hydrogen-bond acceptors (Lipinski definition) is 6. The highest BCUT2D eigenvalue weighted by molar-refractivity contribution is 7.81. The Morgan fingerprint density at radius 3 is 2.64 bits per heavy atom. The van der Waals surface area contributed by atoms with Crippen LogP contribution in [-0.2, 0) is 4.79 Å². The van der Waals surface area contributed by atoms with Crippen LogP contribution in [0, 0.1) is 24.1 Å². The zero-order valence-electron chi connectivity index (χ0n) is 19.2. The van der Waals surface area contributed by atoms with Gasteiger partial charge in [0.05, 0.1) is 17.4 Å². The van der Waals surface area contributed by atoms with Gasteiger partial charge in [0.1, 0.15) is 23.1 Å². The van der Waals surface area contributed by atoms with E-state index in [9.17, 15) is 14.9 Å². The number of nitriles is 1. The molecule has 1 aliphatic carbocycles. The molecule has 2 heterocycles. The van der Waals surface area contributed by atoms with Crippen LogP contribution in [0.1, 0.15) is 40.9 Å². The second-order valence-electron chi connectivity index (χ2n) is 8.88. The predicted octanol–water partition coefficient (Wildman–Crippen LogP) is 5.30. The van der Waals surface area contributed by atoms with Crippen molar-refractivity contribution in [3.63, 3.8) is 0 Å². The van der Waals surface area contributed by atoms with E-state index in [-0.39, 0.29) is 17.2 Å². The fourth-order valence-corrected chi connectivity index (χ4v) is 5.56. The molecule has 1 aromatic heterocycles. The molecule has 1 saturated heterocycles. The topological polar surface area (TPSA) is 89.3 Å². The lowest BCUT2D eigenvalue weighted by atomic mass is 9.75. The van der Waals surface area contributed by atoms with E-state index in [1.807, 2.05) is 6.07 Å². The first-order valence-corrected chi connectivity index (χ1v) is 12.2. The largest absolute Gasteiger partial charge is 0.327 e. The number of aryl methyl sites for hydroxylation is 1. The Balaban J connectivity index is 1.46. The van der Waals surface area contributed by atoms with Crippen molar-refractivity contribution < 1.29 is 14.0 Å². The molecule has 182 valence electrons. The standard InChI is InChI=1S/C26H21ClFN5O2S/c1-15-10-19(14-30-22(15)13-29)32-24(35)26(8-3-9-26)33(25(32)36)18-6-7-20(21(28)12-18)23(34)31-17-5-2-4-16(27)11-17/h2,4-7,10-12,14,25,36H,3,8-9H2,1H3,(H,31,34). The molecule has 1 spiro atoms. The van der Waals surface area contributed by atoms with Crippen molar-refractivity contribution in [1.29, 1.82) is 5.26 Å². The van der Waals surface area contributed by atoms with E-state index in [4.69, 9.17) is 24.2 Å². The highest BCUT2D eigenvalue weighted by Crippen LogP contribution is 2.50. The lowest BCUT2D eigenvalue weighted by Crippen LogP contribution is -2.55. The van der Waals surface area contributed by atoms with Crippen LogP contribution in [0.2, 0.25) is 5.02 Å². The first kappa shape index (κ1) is 24.1. The average molecular weight is 522 g/mol. The van der Waals surface area contributed by atoms with Gasteiger partial charge in [-0.15, -0.1) is 12.6 Å². The summed E-state index contributed by atoms with van der Waals surface area (Å²) in [5.74, 6) is -1.48. The Hall–Kier alpha value is -3.61. The minimum absolute atomic E-state index is 0.133. The molecule has 2 fully saturated rings. The van der Waals surface area contributed by atoms with Gasteiger partial charge in [-0.05, 0) is 74.2 Å². The number of amides is 2. The summed E-state index contributed by atoms with van der Waals surface area (Å²) >= 11 is 10.7. The molecule has 2 aliphatic rings. The maximum absolute atomic E-state index is 15.2.